The average molecular weight is 194 g/mol. The molecule has 0 N–H and O–H groups in total. The fourth-order valence-electron chi connectivity index (χ4n) is 1.33. The van der Waals surface area contributed by atoms with Gasteiger partial charge in [-0.25, -0.2) is 0 Å². The molecule has 14 heavy (non-hydrogen) atoms. The van der Waals surface area contributed by atoms with Crippen LogP contribution in [0.15, 0.2) is 18.2 Å². The molecule has 2 rings (SSSR count). The molecule has 76 valence electrons. The fourth-order valence-corrected chi connectivity index (χ4v) is 1.33. The Balaban J connectivity index is 2.12. The van der Waals surface area contributed by atoms with Crippen molar-refractivity contribution in [3.8, 4) is 17.2 Å². The van der Waals surface area contributed by atoms with Crippen LogP contribution >= 0.6 is 0 Å². The lowest BCUT2D eigenvalue weighted by Gasteiger charge is -2.18. The van der Waals surface area contributed by atoms with E-state index in [9.17, 15) is 0 Å². The second-order valence-electron chi connectivity index (χ2n) is 3.15. The Morgan fingerprint density at radius 2 is 2.00 bits per heavy atom. The van der Waals surface area contributed by atoms with Gasteiger partial charge < -0.3 is 14.2 Å². The van der Waals surface area contributed by atoms with E-state index in [-0.39, 0.29) is 0 Å². The minimum Gasteiger partial charge on any atom is -0.493 e. The Bertz CT molecular complexity index is 309. The van der Waals surface area contributed by atoms with Crippen LogP contribution in [0.4, 0.5) is 0 Å². The molecule has 0 aliphatic carbocycles. The molecule has 0 fully saturated rings. The normalized spacial score (nSPS) is 13.8. The molecule has 0 aromatic heterocycles. The molecule has 3 nitrogen and oxygen atoms in total. The van der Waals surface area contributed by atoms with Crippen LogP contribution in [0.2, 0.25) is 0 Å². The minimum absolute atomic E-state index is 0.615. The molecule has 1 aromatic rings. The van der Waals surface area contributed by atoms with E-state index >= 15 is 0 Å². The van der Waals surface area contributed by atoms with Crippen molar-refractivity contribution in [2.45, 2.75) is 13.3 Å². The second kappa shape index (κ2) is 4.22. The summed E-state index contributed by atoms with van der Waals surface area (Å²) in [5.74, 6) is 2.43. The highest BCUT2D eigenvalue weighted by molar-refractivity contribution is 5.46. The highest BCUT2D eigenvalue weighted by Crippen LogP contribution is 2.33. The highest BCUT2D eigenvalue weighted by Gasteiger charge is 2.11. The van der Waals surface area contributed by atoms with Crippen LogP contribution in [0.1, 0.15) is 13.3 Å². The third-order valence-electron chi connectivity index (χ3n) is 1.99. The van der Waals surface area contributed by atoms with Crippen LogP contribution in [0, 0.1) is 0 Å². The van der Waals surface area contributed by atoms with Crippen molar-refractivity contribution in [2.24, 2.45) is 0 Å². The largest absolute Gasteiger partial charge is 0.493 e. The number of benzene rings is 1. The number of hydrogen-bond acceptors (Lipinski definition) is 3. The molecule has 0 atom stereocenters. The maximum Gasteiger partial charge on any atom is 0.165 e. The molecule has 0 saturated carbocycles. The molecule has 0 saturated heterocycles. The van der Waals surface area contributed by atoms with Gasteiger partial charge in [0.2, 0.25) is 0 Å². The van der Waals surface area contributed by atoms with E-state index in [1.807, 2.05) is 18.2 Å². The predicted molar refractivity (Wildman–Crippen MR) is 53.2 cm³/mol. The zero-order valence-electron chi connectivity index (χ0n) is 8.29. The Morgan fingerprint density at radius 1 is 1.21 bits per heavy atom. The van der Waals surface area contributed by atoms with E-state index in [1.54, 1.807) is 0 Å². The summed E-state index contributed by atoms with van der Waals surface area (Å²) >= 11 is 0. The van der Waals surface area contributed by atoms with Crippen LogP contribution in [0.3, 0.4) is 0 Å². The Kier molecular flexibility index (Phi) is 2.77. The van der Waals surface area contributed by atoms with Gasteiger partial charge in [0.25, 0.3) is 0 Å². The van der Waals surface area contributed by atoms with Crippen molar-refractivity contribution in [2.75, 3.05) is 19.8 Å². The Morgan fingerprint density at radius 3 is 2.79 bits per heavy atom. The van der Waals surface area contributed by atoms with Crippen molar-refractivity contribution < 1.29 is 14.2 Å². The van der Waals surface area contributed by atoms with Gasteiger partial charge >= 0.3 is 0 Å². The minimum atomic E-state index is 0.615. The third-order valence-corrected chi connectivity index (χ3v) is 1.99. The standard InChI is InChI=1S/C11H14O3/c1-2-5-12-9-3-4-10-11(8-9)14-7-6-13-10/h3-4,8H,2,5-7H2,1H3. The van der Waals surface area contributed by atoms with Crippen molar-refractivity contribution in [1.29, 1.82) is 0 Å². The molecule has 1 aromatic carbocycles. The van der Waals surface area contributed by atoms with Crippen LogP contribution in [0.25, 0.3) is 0 Å². The molecular weight excluding hydrogens is 180 g/mol. The van der Waals surface area contributed by atoms with Gasteiger partial charge in [-0.3, -0.25) is 0 Å². The monoisotopic (exact) mass is 194 g/mol. The van der Waals surface area contributed by atoms with Gasteiger partial charge in [-0.05, 0) is 18.6 Å². The van der Waals surface area contributed by atoms with E-state index in [2.05, 4.69) is 6.92 Å². The van der Waals surface area contributed by atoms with Crippen molar-refractivity contribution in [3.63, 3.8) is 0 Å². The first-order valence-electron chi connectivity index (χ1n) is 4.92. The SMILES string of the molecule is CCCOc1ccc2c(c1)OCCO2. The van der Waals surface area contributed by atoms with E-state index < -0.39 is 0 Å². The Hall–Kier alpha value is -1.38. The van der Waals surface area contributed by atoms with Gasteiger partial charge in [0.1, 0.15) is 19.0 Å². The highest BCUT2D eigenvalue weighted by atomic mass is 16.6. The number of rotatable bonds is 3. The summed E-state index contributed by atoms with van der Waals surface area (Å²) in [4.78, 5) is 0. The molecule has 0 radical (unpaired) electrons. The van der Waals surface area contributed by atoms with Crippen LogP contribution in [-0.2, 0) is 0 Å². The summed E-state index contributed by atoms with van der Waals surface area (Å²) < 4.78 is 16.3. The molecule has 0 bridgehead atoms. The zero-order chi connectivity index (χ0) is 9.80. The average Bonchev–Trinajstić information content (AvgIpc) is 2.26. The number of ether oxygens (including phenoxy) is 3. The van der Waals surface area contributed by atoms with Crippen LogP contribution < -0.4 is 14.2 Å². The van der Waals surface area contributed by atoms with Crippen molar-refractivity contribution in [3.05, 3.63) is 18.2 Å². The van der Waals surface area contributed by atoms with Gasteiger partial charge in [-0.15, -0.1) is 0 Å². The maximum absolute atomic E-state index is 5.49. The predicted octanol–water partition coefficient (Wildman–Crippen LogP) is 2.25. The summed E-state index contributed by atoms with van der Waals surface area (Å²) in [7, 11) is 0. The summed E-state index contributed by atoms with van der Waals surface area (Å²) in [6.45, 7) is 4.06. The molecule has 1 aliphatic rings. The van der Waals surface area contributed by atoms with Gasteiger partial charge in [-0.2, -0.15) is 0 Å². The van der Waals surface area contributed by atoms with Crippen LogP contribution in [-0.4, -0.2) is 19.8 Å². The summed E-state index contributed by atoms with van der Waals surface area (Å²) in [5, 5.41) is 0. The molecule has 0 spiro atoms. The number of fused-ring (bicyclic) bond motifs is 1. The first-order chi connectivity index (χ1) is 6.90. The molecule has 0 unspecified atom stereocenters. The van der Waals surface area contributed by atoms with Gasteiger partial charge in [-0.1, -0.05) is 6.92 Å². The summed E-state index contributed by atoms with van der Waals surface area (Å²) in [5.41, 5.74) is 0. The maximum atomic E-state index is 5.49. The van der Waals surface area contributed by atoms with Crippen molar-refractivity contribution >= 4 is 0 Å². The number of hydrogen-bond donors (Lipinski definition) is 0. The van der Waals surface area contributed by atoms with E-state index in [4.69, 9.17) is 14.2 Å². The van der Waals surface area contributed by atoms with E-state index in [0.717, 1.165) is 30.3 Å². The van der Waals surface area contributed by atoms with Crippen LogP contribution in [0.5, 0.6) is 17.2 Å². The first-order valence-corrected chi connectivity index (χ1v) is 4.92. The van der Waals surface area contributed by atoms with E-state index in [1.165, 1.54) is 0 Å². The molecular formula is C11H14O3. The first kappa shape index (κ1) is 9.19. The van der Waals surface area contributed by atoms with Gasteiger partial charge in [0.05, 0.1) is 6.61 Å². The quantitative estimate of drug-likeness (QED) is 0.738. The zero-order valence-corrected chi connectivity index (χ0v) is 8.29. The lowest BCUT2D eigenvalue weighted by atomic mass is 10.3. The molecule has 3 heteroatoms. The summed E-state index contributed by atoms with van der Waals surface area (Å²) in [6, 6.07) is 5.67. The van der Waals surface area contributed by atoms with Gasteiger partial charge in [0.15, 0.2) is 11.5 Å². The van der Waals surface area contributed by atoms with Gasteiger partial charge in [0, 0.05) is 6.07 Å². The molecule has 0 amide bonds. The lowest BCUT2D eigenvalue weighted by Crippen LogP contribution is -2.15. The second-order valence-corrected chi connectivity index (χ2v) is 3.15. The third kappa shape index (κ3) is 1.92. The van der Waals surface area contributed by atoms with Crippen molar-refractivity contribution in [1.82, 2.24) is 0 Å². The fraction of sp³-hybridized carbons (Fsp3) is 0.455. The molecule has 1 aliphatic heterocycles. The summed E-state index contributed by atoms with van der Waals surface area (Å²) in [6.07, 6.45) is 1.01. The smallest absolute Gasteiger partial charge is 0.165 e. The topological polar surface area (TPSA) is 27.7 Å². The molecule has 1 heterocycles. The lowest BCUT2D eigenvalue weighted by molar-refractivity contribution is 0.170. The Labute approximate surface area is 83.6 Å². The van der Waals surface area contributed by atoms with E-state index in [0.29, 0.717) is 13.2 Å².